The molecule has 0 spiro atoms. The molecule has 0 aromatic heterocycles. The third-order valence-corrected chi connectivity index (χ3v) is 1.97. The average molecular weight is 205 g/mol. The van der Waals surface area contributed by atoms with E-state index in [1.807, 2.05) is 30.3 Å². The van der Waals surface area contributed by atoms with Gasteiger partial charge in [-0.1, -0.05) is 30.3 Å². The summed E-state index contributed by atoms with van der Waals surface area (Å²) >= 11 is 0. The average Bonchev–Trinajstić information content (AvgIpc) is 2.17. The van der Waals surface area contributed by atoms with Gasteiger partial charge in [0.15, 0.2) is 6.04 Å². The van der Waals surface area contributed by atoms with Crippen LogP contribution in [0, 0.1) is 0 Å². The second-order valence-corrected chi connectivity index (χ2v) is 3.62. The van der Waals surface area contributed by atoms with E-state index in [-0.39, 0.29) is 0 Å². The second kappa shape index (κ2) is 5.29. The van der Waals surface area contributed by atoms with Crippen molar-refractivity contribution in [2.45, 2.75) is 26.3 Å². The topological polar surface area (TPSA) is 49.7 Å². The first kappa shape index (κ1) is 11.4. The highest BCUT2D eigenvalue weighted by Crippen LogP contribution is 2.06. The molecule has 0 bridgehead atoms. The van der Waals surface area contributed by atoms with Gasteiger partial charge < -0.3 is 5.11 Å². The first-order valence-electron chi connectivity index (χ1n) is 4.87. The zero-order valence-electron chi connectivity index (χ0n) is 8.97. The number of hydrogen-bond acceptors (Lipinski definition) is 2. The van der Waals surface area contributed by atoms with Gasteiger partial charge in [0.25, 0.3) is 0 Å². The quantitative estimate of drug-likeness (QED) is 0.766. The smallest absolute Gasteiger partial charge is 0.328 e. The molecule has 0 fully saturated rings. The van der Waals surface area contributed by atoms with E-state index < -0.39 is 12.0 Å². The summed E-state index contributed by atoms with van der Waals surface area (Å²) in [5.41, 5.74) is 1.79. The lowest BCUT2D eigenvalue weighted by Crippen LogP contribution is -2.21. The number of carbonyl (C=O) groups is 1. The van der Waals surface area contributed by atoms with Gasteiger partial charge in [-0.25, -0.2) is 4.79 Å². The van der Waals surface area contributed by atoms with Gasteiger partial charge in [-0.05, 0) is 19.4 Å². The summed E-state index contributed by atoms with van der Waals surface area (Å²) in [7, 11) is 0. The molecule has 0 aliphatic rings. The van der Waals surface area contributed by atoms with E-state index >= 15 is 0 Å². The van der Waals surface area contributed by atoms with Gasteiger partial charge in [0.1, 0.15) is 0 Å². The Morgan fingerprint density at radius 2 is 1.93 bits per heavy atom. The molecule has 1 aromatic rings. The molecule has 0 radical (unpaired) electrons. The van der Waals surface area contributed by atoms with Crippen LogP contribution < -0.4 is 0 Å². The van der Waals surface area contributed by atoms with Crippen molar-refractivity contribution < 1.29 is 9.90 Å². The molecule has 3 nitrogen and oxygen atoms in total. The first-order chi connectivity index (χ1) is 7.09. The molecule has 0 heterocycles. The normalized spacial score (nSPS) is 11.9. The van der Waals surface area contributed by atoms with Crippen molar-refractivity contribution in [3.8, 4) is 0 Å². The molecule has 1 N–H and O–H groups in total. The molecule has 1 atom stereocenters. The van der Waals surface area contributed by atoms with Crippen LogP contribution in [0.2, 0.25) is 0 Å². The van der Waals surface area contributed by atoms with E-state index in [0.717, 1.165) is 11.3 Å². The number of benzene rings is 1. The number of aliphatic imine (C=N–C) groups is 1. The Bertz CT molecular complexity index is 353. The van der Waals surface area contributed by atoms with E-state index in [2.05, 4.69) is 4.99 Å². The number of rotatable bonds is 4. The third-order valence-electron chi connectivity index (χ3n) is 1.97. The van der Waals surface area contributed by atoms with E-state index in [4.69, 9.17) is 5.11 Å². The zero-order valence-corrected chi connectivity index (χ0v) is 8.97. The Morgan fingerprint density at radius 1 is 1.33 bits per heavy atom. The third kappa shape index (κ3) is 3.94. The first-order valence-corrected chi connectivity index (χ1v) is 4.87. The maximum Gasteiger partial charge on any atom is 0.328 e. The monoisotopic (exact) mass is 205 g/mol. The molecule has 0 amide bonds. The molecule has 0 saturated carbocycles. The van der Waals surface area contributed by atoms with E-state index in [9.17, 15) is 4.79 Å². The van der Waals surface area contributed by atoms with Crippen LogP contribution in [0.25, 0.3) is 0 Å². The summed E-state index contributed by atoms with van der Waals surface area (Å²) < 4.78 is 0. The minimum absolute atomic E-state index is 0.446. The van der Waals surface area contributed by atoms with Crippen LogP contribution in [0.15, 0.2) is 35.3 Å². The summed E-state index contributed by atoms with van der Waals surface area (Å²) in [4.78, 5) is 15.0. The van der Waals surface area contributed by atoms with Crippen LogP contribution in [-0.2, 0) is 11.2 Å². The Hall–Kier alpha value is -1.64. The van der Waals surface area contributed by atoms with E-state index in [0.29, 0.717) is 6.42 Å². The Morgan fingerprint density at radius 3 is 2.40 bits per heavy atom. The van der Waals surface area contributed by atoms with Crippen LogP contribution in [0.4, 0.5) is 0 Å². The van der Waals surface area contributed by atoms with E-state index in [1.165, 1.54) is 0 Å². The van der Waals surface area contributed by atoms with Crippen LogP contribution in [0.5, 0.6) is 0 Å². The lowest BCUT2D eigenvalue weighted by Gasteiger charge is -2.08. The molecule has 1 aromatic carbocycles. The van der Waals surface area contributed by atoms with Crippen molar-refractivity contribution in [3.05, 3.63) is 35.9 Å². The minimum Gasteiger partial charge on any atom is -0.480 e. The highest BCUT2D eigenvalue weighted by atomic mass is 16.4. The summed E-state index contributed by atoms with van der Waals surface area (Å²) in [5, 5.41) is 8.98. The Labute approximate surface area is 89.5 Å². The molecule has 0 saturated heterocycles. The van der Waals surface area contributed by atoms with Crippen LogP contribution in [-0.4, -0.2) is 22.8 Å². The summed E-state index contributed by atoms with van der Waals surface area (Å²) in [6, 6.07) is 8.87. The molecule has 80 valence electrons. The Kier molecular flexibility index (Phi) is 4.03. The summed E-state index contributed by atoms with van der Waals surface area (Å²) in [6.07, 6.45) is 0.446. The van der Waals surface area contributed by atoms with Crippen molar-refractivity contribution in [3.63, 3.8) is 0 Å². The summed E-state index contributed by atoms with van der Waals surface area (Å²) in [6.45, 7) is 3.61. The molecule has 0 aliphatic carbocycles. The molecule has 1 rings (SSSR count). The predicted octanol–water partition coefficient (Wildman–Crippen LogP) is 2.16. The fourth-order valence-corrected chi connectivity index (χ4v) is 1.34. The highest BCUT2D eigenvalue weighted by Gasteiger charge is 2.15. The number of carboxylic acid groups (broad SMARTS) is 1. The van der Waals surface area contributed by atoms with Crippen LogP contribution in [0.3, 0.4) is 0 Å². The van der Waals surface area contributed by atoms with Gasteiger partial charge in [-0.15, -0.1) is 0 Å². The minimum atomic E-state index is -0.875. The fraction of sp³-hybridized carbons (Fsp3) is 0.333. The molecule has 1 unspecified atom stereocenters. The zero-order chi connectivity index (χ0) is 11.3. The molecule has 15 heavy (non-hydrogen) atoms. The maximum atomic E-state index is 10.9. The number of carboxylic acids is 1. The van der Waals surface area contributed by atoms with Crippen LogP contribution >= 0.6 is 0 Å². The number of aliphatic carboxylic acids is 1. The van der Waals surface area contributed by atoms with Crippen LogP contribution in [0.1, 0.15) is 19.4 Å². The molecule has 3 heteroatoms. The molecular weight excluding hydrogens is 190 g/mol. The van der Waals surface area contributed by atoms with Crippen molar-refractivity contribution >= 4 is 11.7 Å². The SMILES string of the molecule is CC(C)=NC(Cc1ccccc1)C(=O)O. The van der Waals surface area contributed by atoms with Gasteiger partial charge >= 0.3 is 5.97 Å². The lowest BCUT2D eigenvalue weighted by atomic mass is 10.1. The summed E-state index contributed by atoms with van der Waals surface area (Å²) in [5.74, 6) is -0.875. The predicted molar refractivity (Wildman–Crippen MR) is 60.4 cm³/mol. The van der Waals surface area contributed by atoms with Crippen molar-refractivity contribution in [2.24, 2.45) is 4.99 Å². The largest absolute Gasteiger partial charge is 0.480 e. The molecular formula is C12H15NO2. The van der Waals surface area contributed by atoms with Gasteiger partial charge in [0, 0.05) is 12.1 Å². The van der Waals surface area contributed by atoms with Gasteiger partial charge in [-0.2, -0.15) is 0 Å². The fourth-order valence-electron chi connectivity index (χ4n) is 1.34. The second-order valence-electron chi connectivity index (χ2n) is 3.62. The van der Waals surface area contributed by atoms with Gasteiger partial charge in [0.05, 0.1) is 0 Å². The van der Waals surface area contributed by atoms with Crippen molar-refractivity contribution in [1.29, 1.82) is 0 Å². The van der Waals surface area contributed by atoms with Crippen molar-refractivity contribution in [1.82, 2.24) is 0 Å². The standard InChI is InChI=1S/C12H15NO2/c1-9(2)13-11(12(14)15)8-10-6-4-3-5-7-10/h3-7,11H,8H2,1-2H3,(H,14,15). The van der Waals surface area contributed by atoms with Gasteiger partial charge in [-0.3, -0.25) is 4.99 Å². The van der Waals surface area contributed by atoms with E-state index in [1.54, 1.807) is 13.8 Å². The molecule has 0 aliphatic heterocycles. The Balaban J connectivity index is 2.76. The number of nitrogens with zero attached hydrogens (tertiary/aromatic N) is 1. The highest BCUT2D eigenvalue weighted by molar-refractivity contribution is 5.83. The maximum absolute atomic E-state index is 10.9. The lowest BCUT2D eigenvalue weighted by molar-refractivity contribution is -0.138. The number of hydrogen-bond donors (Lipinski definition) is 1. The van der Waals surface area contributed by atoms with Crippen molar-refractivity contribution in [2.75, 3.05) is 0 Å². The van der Waals surface area contributed by atoms with Gasteiger partial charge in [0.2, 0.25) is 0 Å².